The third-order valence-electron chi connectivity index (χ3n) is 3.34. The monoisotopic (exact) mass is 303 g/mol. The molecule has 0 aliphatic carbocycles. The maximum atomic E-state index is 13.5. The minimum absolute atomic E-state index is 0.212. The van der Waals surface area contributed by atoms with Gasteiger partial charge in [0.25, 0.3) is 0 Å². The molecule has 0 spiro atoms. The van der Waals surface area contributed by atoms with E-state index in [2.05, 4.69) is 18.6 Å². The van der Waals surface area contributed by atoms with Crippen LogP contribution in [-0.4, -0.2) is 39.5 Å². The second kappa shape index (κ2) is 7.01. The van der Waals surface area contributed by atoms with E-state index in [9.17, 15) is 12.8 Å². The first-order chi connectivity index (χ1) is 9.27. The lowest BCUT2D eigenvalue weighted by molar-refractivity contribution is 0.256. The van der Waals surface area contributed by atoms with Gasteiger partial charge in [-0.3, -0.25) is 0 Å². The summed E-state index contributed by atoms with van der Waals surface area (Å²) in [6, 6.07) is 3.86. The number of rotatable bonds is 7. The standard InChI is InChI=1S/C13H22FN3O2S/c1-4-10(2)17(3)8-7-16-20(18,19)13-9-11(15)5-6-12(13)14/h5-6,9-10,16H,4,7-8,15H2,1-3H3. The van der Waals surface area contributed by atoms with Crippen molar-refractivity contribution >= 4 is 15.7 Å². The van der Waals surface area contributed by atoms with Gasteiger partial charge in [-0.2, -0.15) is 0 Å². The molecule has 0 bridgehead atoms. The first-order valence-electron chi connectivity index (χ1n) is 6.53. The number of nitrogens with zero attached hydrogens (tertiary/aromatic N) is 1. The summed E-state index contributed by atoms with van der Waals surface area (Å²) in [5.74, 6) is -0.804. The molecule has 1 atom stereocenters. The molecular formula is C13H22FN3O2S. The Kier molecular flexibility index (Phi) is 5.91. The van der Waals surface area contributed by atoms with Crippen molar-refractivity contribution in [3.05, 3.63) is 24.0 Å². The molecule has 0 saturated heterocycles. The fourth-order valence-corrected chi connectivity index (χ4v) is 2.82. The molecule has 1 aromatic carbocycles. The van der Waals surface area contributed by atoms with Crippen LogP contribution in [0.3, 0.4) is 0 Å². The summed E-state index contributed by atoms with van der Waals surface area (Å²) in [4.78, 5) is 1.63. The van der Waals surface area contributed by atoms with E-state index in [-0.39, 0.29) is 12.2 Å². The molecule has 0 radical (unpaired) electrons. The molecule has 0 aliphatic heterocycles. The Balaban J connectivity index is 2.69. The number of nitrogen functional groups attached to an aromatic ring is 1. The maximum absolute atomic E-state index is 13.5. The number of anilines is 1. The zero-order valence-electron chi connectivity index (χ0n) is 12.1. The van der Waals surface area contributed by atoms with Gasteiger partial charge in [0.15, 0.2) is 0 Å². The molecule has 0 aliphatic rings. The van der Waals surface area contributed by atoms with Crippen molar-refractivity contribution in [2.75, 3.05) is 25.9 Å². The van der Waals surface area contributed by atoms with Gasteiger partial charge in [0.2, 0.25) is 10.0 Å². The first-order valence-corrected chi connectivity index (χ1v) is 8.01. The summed E-state index contributed by atoms with van der Waals surface area (Å²) >= 11 is 0. The van der Waals surface area contributed by atoms with Crippen LogP contribution in [0.5, 0.6) is 0 Å². The average Bonchev–Trinajstić information content (AvgIpc) is 2.40. The third-order valence-corrected chi connectivity index (χ3v) is 4.82. The number of nitrogens with one attached hydrogen (secondary N) is 1. The van der Waals surface area contributed by atoms with E-state index >= 15 is 0 Å². The maximum Gasteiger partial charge on any atom is 0.243 e. The van der Waals surface area contributed by atoms with Crippen LogP contribution in [0.1, 0.15) is 20.3 Å². The van der Waals surface area contributed by atoms with Crippen LogP contribution in [0.2, 0.25) is 0 Å². The summed E-state index contributed by atoms with van der Waals surface area (Å²) in [5.41, 5.74) is 5.70. The lowest BCUT2D eigenvalue weighted by Gasteiger charge is -2.23. The van der Waals surface area contributed by atoms with Crippen molar-refractivity contribution in [1.82, 2.24) is 9.62 Å². The van der Waals surface area contributed by atoms with Crippen molar-refractivity contribution < 1.29 is 12.8 Å². The molecule has 1 aromatic rings. The Labute approximate surface area is 120 Å². The molecule has 0 fully saturated rings. The zero-order valence-corrected chi connectivity index (χ0v) is 12.9. The number of benzene rings is 1. The summed E-state index contributed by atoms with van der Waals surface area (Å²) in [5, 5.41) is 0. The Bertz CT molecular complexity index is 549. The van der Waals surface area contributed by atoms with E-state index in [1.54, 1.807) is 0 Å². The Morgan fingerprint density at radius 2 is 2.10 bits per heavy atom. The van der Waals surface area contributed by atoms with Gasteiger partial charge in [-0.05, 0) is 38.6 Å². The molecular weight excluding hydrogens is 281 g/mol. The molecule has 0 heterocycles. The Morgan fingerprint density at radius 3 is 2.70 bits per heavy atom. The molecule has 114 valence electrons. The molecule has 20 heavy (non-hydrogen) atoms. The van der Waals surface area contributed by atoms with Crippen molar-refractivity contribution in [2.24, 2.45) is 0 Å². The Morgan fingerprint density at radius 1 is 1.45 bits per heavy atom. The minimum atomic E-state index is -3.87. The minimum Gasteiger partial charge on any atom is -0.399 e. The van der Waals surface area contributed by atoms with E-state index < -0.39 is 20.7 Å². The van der Waals surface area contributed by atoms with Crippen molar-refractivity contribution in [2.45, 2.75) is 31.2 Å². The van der Waals surface area contributed by atoms with Crippen LogP contribution in [0.25, 0.3) is 0 Å². The first kappa shape index (κ1) is 16.9. The molecule has 0 aromatic heterocycles. The van der Waals surface area contributed by atoms with Gasteiger partial charge < -0.3 is 10.6 Å². The second-order valence-corrected chi connectivity index (χ2v) is 6.56. The van der Waals surface area contributed by atoms with Crippen LogP contribution >= 0.6 is 0 Å². The summed E-state index contributed by atoms with van der Waals surface area (Å²) in [6.45, 7) is 4.90. The normalized spacial score (nSPS) is 13.7. The SMILES string of the molecule is CCC(C)N(C)CCNS(=O)(=O)c1cc(N)ccc1F. The van der Waals surface area contributed by atoms with Crippen LogP contribution < -0.4 is 10.5 Å². The van der Waals surface area contributed by atoms with E-state index in [4.69, 9.17) is 5.73 Å². The van der Waals surface area contributed by atoms with Gasteiger partial charge >= 0.3 is 0 Å². The molecule has 3 N–H and O–H groups in total. The highest BCUT2D eigenvalue weighted by Gasteiger charge is 2.19. The van der Waals surface area contributed by atoms with Gasteiger partial charge in [-0.25, -0.2) is 17.5 Å². The number of nitrogens with two attached hydrogens (primary N) is 1. The lowest BCUT2D eigenvalue weighted by Crippen LogP contribution is -2.37. The highest BCUT2D eigenvalue weighted by atomic mass is 32.2. The molecule has 7 heteroatoms. The summed E-state index contributed by atoms with van der Waals surface area (Å²) in [7, 11) is -1.95. The van der Waals surface area contributed by atoms with Crippen LogP contribution in [0, 0.1) is 5.82 Å². The van der Waals surface area contributed by atoms with Gasteiger partial charge in [0.1, 0.15) is 10.7 Å². The van der Waals surface area contributed by atoms with Gasteiger partial charge in [0, 0.05) is 24.8 Å². The number of hydrogen-bond acceptors (Lipinski definition) is 4. The number of halogens is 1. The predicted molar refractivity (Wildman–Crippen MR) is 78.4 cm³/mol. The van der Waals surface area contributed by atoms with E-state index in [0.29, 0.717) is 12.6 Å². The molecule has 0 amide bonds. The Hall–Kier alpha value is -1.18. The topological polar surface area (TPSA) is 75.4 Å². The van der Waals surface area contributed by atoms with Crippen LogP contribution in [0.4, 0.5) is 10.1 Å². The van der Waals surface area contributed by atoms with Gasteiger partial charge in [-0.15, -0.1) is 0 Å². The lowest BCUT2D eigenvalue weighted by atomic mass is 10.2. The fourth-order valence-electron chi connectivity index (χ4n) is 1.69. The van der Waals surface area contributed by atoms with Crippen molar-refractivity contribution in [3.63, 3.8) is 0 Å². The van der Waals surface area contributed by atoms with E-state index in [1.807, 2.05) is 11.9 Å². The van der Waals surface area contributed by atoms with E-state index in [1.165, 1.54) is 6.07 Å². The molecule has 1 rings (SSSR count). The summed E-state index contributed by atoms with van der Waals surface area (Å²) in [6.07, 6.45) is 0.979. The third kappa shape index (κ3) is 4.43. The summed E-state index contributed by atoms with van der Waals surface area (Å²) < 4.78 is 39.9. The van der Waals surface area contributed by atoms with Crippen molar-refractivity contribution in [1.29, 1.82) is 0 Å². The van der Waals surface area contributed by atoms with Crippen LogP contribution in [-0.2, 0) is 10.0 Å². The highest BCUT2D eigenvalue weighted by Crippen LogP contribution is 2.17. The predicted octanol–water partition coefficient (Wildman–Crippen LogP) is 1.42. The van der Waals surface area contributed by atoms with Crippen LogP contribution in [0.15, 0.2) is 23.1 Å². The number of sulfonamides is 1. The van der Waals surface area contributed by atoms with Gasteiger partial charge in [0.05, 0.1) is 0 Å². The largest absolute Gasteiger partial charge is 0.399 e. The molecule has 0 saturated carbocycles. The number of likely N-dealkylation sites (N-methyl/N-ethyl adjacent to an activating group) is 1. The second-order valence-electron chi connectivity index (χ2n) is 4.83. The fraction of sp³-hybridized carbons (Fsp3) is 0.538. The smallest absolute Gasteiger partial charge is 0.243 e. The zero-order chi connectivity index (χ0) is 15.3. The highest BCUT2D eigenvalue weighted by molar-refractivity contribution is 7.89. The van der Waals surface area contributed by atoms with Gasteiger partial charge in [-0.1, -0.05) is 6.92 Å². The van der Waals surface area contributed by atoms with E-state index in [0.717, 1.165) is 18.6 Å². The molecule has 1 unspecified atom stereocenters. The van der Waals surface area contributed by atoms with Crippen molar-refractivity contribution in [3.8, 4) is 0 Å². The average molecular weight is 303 g/mol. The molecule has 5 nitrogen and oxygen atoms in total. The number of hydrogen-bond donors (Lipinski definition) is 2. The quantitative estimate of drug-likeness (QED) is 0.747.